The highest BCUT2D eigenvalue weighted by atomic mass is 16.5. The first-order valence-corrected chi connectivity index (χ1v) is 3.88. The van der Waals surface area contributed by atoms with Crippen LogP contribution in [0.5, 0.6) is 0 Å². The van der Waals surface area contributed by atoms with E-state index in [4.69, 9.17) is 4.74 Å². The molecule has 1 aliphatic rings. The zero-order valence-electron chi connectivity index (χ0n) is 6.31. The summed E-state index contributed by atoms with van der Waals surface area (Å²) in [5.74, 6) is 0. The van der Waals surface area contributed by atoms with Crippen molar-refractivity contribution >= 4 is 0 Å². The second-order valence-electron chi connectivity index (χ2n) is 2.49. The first kappa shape index (κ1) is 8.02. The van der Waals surface area contributed by atoms with Gasteiger partial charge in [0.25, 0.3) is 0 Å². The summed E-state index contributed by atoms with van der Waals surface area (Å²) < 4.78 is 5.43. The number of unbranched alkanes of at least 4 members (excludes halogenated alkanes) is 1. The van der Waals surface area contributed by atoms with Gasteiger partial charge in [-0.1, -0.05) is 13.3 Å². The molecule has 2 heteroatoms. The molecule has 1 rings (SSSR count). The van der Waals surface area contributed by atoms with Crippen LogP contribution in [0.3, 0.4) is 0 Å². The Morgan fingerprint density at radius 1 is 1.70 bits per heavy atom. The molecule has 0 aliphatic carbocycles. The molecule has 2 radical (unpaired) electrons. The van der Waals surface area contributed by atoms with Gasteiger partial charge in [-0.15, -0.1) is 0 Å². The third kappa shape index (κ3) is 2.67. The van der Waals surface area contributed by atoms with E-state index in [-0.39, 0.29) is 0 Å². The lowest BCUT2D eigenvalue weighted by atomic mass is 10.1. The van der Waals surface area contributed by atoms with E-state index in [1.165, 1.54) is 0 Å². The lowest BCUT2D eigenvalue weighted by Crippen LogP contribution is -2.38. The second-order valence-corrected chi connectivity index (χ2v) is 2.49. The predicted molar refractivity (Wildman–Crippen MR) is 41.5 cm³/mol. The van der Waals surface area contributed by atoms with Crippen LogP contribution < -0.4 is 5.32 Å². The van der Waals surface area contributed by atoms with E-state index >= 15 is 0 Å². The van der Waals surface area contributed by atoms with Crippen LogP contribution in [0.1, 0.15) is 12.8 Å². The standard InChI is InChI=1S/C8H15NO/c1-2-3-4-8-7-9-5-6-10-8/h4,8-9H,1-3,5-7H2. The van der Waals surface area contributed by atoms with Gasteiger partial charge in [-0.2, -0.15) is 0 Å². The fourth-order valence-electron chi connectivity index (χ4n) is 1.04. The zero-order valence-corrected chi connectivity index (χ0v) is 6.31. The van der Waals surface area contributed by atoms with Crippen molar-refractivity contribution in [2.45, 2.75) is 18.9 Å². The van der Waals surface area contributed by atoms with Crippen molar-refractivity contribution in [2.24, 2.45) is 0 Å². The molecule has 1 aliphatic heterocycles. The van der Waals surface area contributed by atoms with Crippen LogP contribution in [0, 0.1) is 13.3 Å². The SMILES string of the molecule is [CH2]CC[CH]C1CNCCO1. The summed E-state index contributed by atoms with van der Waals surface area (Å²) in [7, 11) is 0. The number of hydrogen-bond acceptors (Lipinski definition) is 2. The number of hydrogen-bond donors (Lipinski definition) is 1. The van der Waals surface area contributed by atoms with Crippen LogP contribution in [0.2, 0.25) is 0 Å². The normalized spacial score (nSPS) is 26.7. The zero-order chi connectivity index (χ0) is 7.23. The Bertz CT molecular complexity index is 79.3. The van der Waals surface area contributed by atoms with Gasteiger partial charge in [0.1, 0.15) is 0 Å². The molecule has 1 unspecified atom stereocenters. The first-order chi connectivity index (χ1) is 4.93. The molecule has 0 amide bonds. The average molecular weight is 141 g/mol. The minimum atomic E-state index is 0.329. The first-order valence-electron chi connectivity index (χ1n) is 3.88. The second kappa shape index (κ2) is 4.69. The van der Waals surface area contributed by atoms with Crippen molar-refractivity contribution < 1.29 is 4.74 Å². The van der Waals surface area contributed by atoms with E-state index in [0.29, 0.717) is 6.10 Å². The van der Waals surface area contributed by atoms with Crippen LogP contribution in [-0.4, -0.2) is 25.8 Å². The Morgan fingerprint density at radius 2 is 2.60 bits per heavy atom. The molecule has 1 saturated heterocycles. The monoisotopic (exact) mass is 141 g/mol. The molecule has 0 aromatic rings. The van der Waals surface area contributed by atoms with Gasteiger partial charge in [-0.3, -0.25) is 0 Å². The molecule has 1 N–H and O–H groups in total. The Kier molecular flexibility index (Phi) is 3.76. The predicted octanol–water partition coefficient (Wildman–Crippen LogP) is 0.793. The fraction of sp³-hybridized carbons (Fsp3) is 0.750. The van der Waals surface area contributed by atoms with Crippen LogP contribution in [0.4, 0.5) is 0 Å². The molecule has 1 fully saturated rings. The number of rotatable bonds is 3. The molecule has 1 heterocycles. The molecule has 0 aromatic carbocycles. The lowest BCUT2D eigenvalue weighted by Gasteiger charge is -2.22. The van der Waals surface area contributed by atoms with E-state index in [2.05, 4.69) is 18.7 Å². The summed E-state index contributed by atoms with van der Waals surface area (Å²) in [6.45, 7) is 6.58. The van der Waals surface area contributed by atoms with Gasteiger partial charge in [0.15, 0.2) is 0 Å². The van der Waals surface area contributed by atoms with Gasteiger partial charge < -0.3 is 10.1 Å². The molecular weight excluding hydrogens is 126 g/mol. The van der Waals surface area contributed by atoms with Gasteiger partial charge in [0.05, 0.1) is 12.7 Å². The third-order valence-electron chi connectivity index (χ3n) is 1.59. The molecule has 0 bridgehead atoms. The molecule has 1 atom stereocenters. The number of ether oxygens (including phenoxy) is 1. The van der Waals surface area contributed by atoms with Crippen molar-refractivity contribution in [3.63, 3.8) is 0 Å². The Labute approximate surface area is 63.0 Å². The molecule has 0 aromatic heterocycles. The van der Waals surface area contributed by atoms with Crippen molar-refractivity contribution in [3.8, 4) is 0 Å². The van der Waals surface area contributed by atoms with E-state index in [1.54, 1.807) is 0 Å². The van der Waals surface area contributed by atoms with Gasteiger partial charge in [0.2, 0.25) is 0 Å². The van der Waals surface area contributed by atoms with E-state index in [1.807, 2.05) is 0 Å². The maximum atomic E-state index is 5.43. The Morgan fingerprint density at radius 3 is 3.20 bits per heavy atom. The van der Waals surface area contributed by atoms with Gasteiger partial charge >= 0.3 is 0 Å². The lowest BCUT2D eigenvalue weighted by molar-refractivity contribution is 0.0473. The summed E-state index contributed by atoms with van der Waals surface area (Å²) in [6, 6.07) is 0. The number of nitrogens with one attached hydrogen (secondary N) is 1. The highest BCUT2D eigenvalue weighted by Crippen LogP contribution is 2.04. The average Bonchev–Trinajstić information content (AvgIpc) is 2.03. The molecule has 0 spiro atoms. The molecule has 10 heavy (non-hydrogen) atoms. The minimum Gasteiger partial charge on any atom is -0.375 e. The van der Waals surface area contributed by atoms with Gasteiger partial charge in [0, 0.05) is 13.1 Å². The Balaban J connectivity index is 2.02. The highest BCUT2D eigenvalue weighted by molar-refractivity contribution is 4.81. The summed E-state index contributed by atoms with van der Waals surface area (Å²) in [6.07, 6.45) is 4.56. The van der Waals surface area contributed by atoms with Crippen molar-refractivity contribution in [1.82, 2.24) is 5.32 Å². The highest BCUT2D eigenvalue weighted by Gasteiger charge is 2.11. The smallest absolute Gasteiger partial charge is 0.0731 e. The fourth-order valence-corrected chi connectivity index (χ4v) is 1.04. The van der Waals surface area contributed by atoms with Crippen LogP contribution in [0.25, 0.3) is 0 Å². The maximum absolute atomic E-state index is 5.43. The number of morpholine rings is 1. The molecule has 2 nitrogen and oxygen atoms in total. The van der Waals surface area contributed by atoms with E-state index in [0.717, 1.165) is 32.5 Å². The van der Waals surface area contributed by atoms with Crippen molar-refractivity contribution in [1.29, 1.82) is 0 Å². The van der Waals surface area contributed by atoms with Gasteiger partial charge in [-0.05, 0) is 12.8 Å². The topological polar surface area (TPSA) is 21.3 Å². The van der Waals surface area contributed by atoms with E-state index < -0.39 is 0 Å². The largest absolute Gasteiger partial charge is 0.375 e. The summed E-state index contributed by atoms with van der Waals surface area (Å²) in [5, 5.41) is 3.27. The maximum Gasteiger partial charge on any atom is 0.0731 e. The minimum absolute atomic E-state index is 0.329. The van der Waals surface area contributed by atoms with Crippen LogP contribution in [0.15, 0.2) is 0 Å². The summed E-state index contributed by atoms with van der Waals surface area (Å²) in [4.78, 5) is 0. The molecule has 0 saturated carbocycles. The molecule has 58 valence electrons. The van der Waals surface area contributed by atoms with Crippen LogP contribution >= 0.6 is 0 Å². The Hall–Kier alpha value is -0.0800. The van der Waals surface area contributed by atoms with Crippen molar-refractivity contribution in [2.75, 3.05) is 19.7 Å². The summed E-state index contributed by atoms with van der Waals surface area (Å²) in [5.41, 5.74) is 0. The van der Waals surface area contributed by atoms with E-state index in [9.17, 15) is 0 Å². The van der Waals surface area contributed by atoms with Crippen molar-refractivity contribution in [3.05, 3.63) is 13.3 Å². The quantitative estimate of drug-likeness (QED) is 0.627. The third-order valence-corrected chi connectivity index (χ3v) is 1.59. The van der Waals surface area contributed by atoms with Crippen LogP contribution in [-0.2, 0) is 4.74 Å². The van der Waals surface area contributed by atoms with Gasteiger partial charge in [-0.25, -0.2) is 0 Å². The summed E-state index contributed by atoms with van der Waals surface area (Å²) >= 11 is 0. The molecular formula is C8H15NO.